The Hall–Kier alpha value is -3.18. The highest BCUT2D eigenvalue weighted by Crippen LogP contribution is 2.43. The number of rotatable bonds is 5. The van der Waals surface area contributed by atoms with Gasteiger partial charge in [-0.05, 0) is 23.4 Å². The number of fused-ring (bicyclic) bond motifs is 1. The molecule has 138 valence electrons. The number of hydrogen-bond acceptors (Lipinski definition) is 3. The lowest BCUT2D eigenvalue weighted by atomic mass is 10.0. The van der Waals surface area contributed by atoms with Gasteiger partial charge in [-0.15, -0.1) is 11.3 Å². The maximum Gasteiger partial charge on any atom is 0.273 e. The molecule has 0 saturated heterocycles. The monoisotopic (exact) mass is 385 g/mol. The lowest BCUT2D eigenvalue weighted by Crippen LogP contribution is -2.31. The van der Waals surface area contributed by atoms with Gasteiger partial charge in [0.1, 0.15) is 5.69 Å². The van der Waals surface area contributed by atoms with Gasteiger partial charge in [-0.3, -0.25) is 9.89 Å². The number of aromatic nitrogens is 2. The van der Waals surface area contributed by atoms with Crippen LogP contribution in [0.3, 0.4) is 0 Å². The van der Waals surface area contributed by atoms with E-state index in [4.69, 9.17) is 0 Å². The minimum atomic E-state index is -0.0971. The van der Waals surface area contributed by atoms with Crippen LogP contribution in [-0.2, 0) is 6.42 Å². The van der Waals surface area contributed by atoms with Crippen molar-refractivity contribution in [1.29, 1.82) is 0 Å². The highest BCUT2D eigenvalue weighted by Gasteiger charge is 2.42. The molecule has 0 spiro atoms. The standard InChI is InChI=1S/C23H19N3OS/c27-23-21-19(20(24-25-21)17-10-5-2-6-11-17)22(18-12-7-15-28-18)26(23)14-13-16-8-3-1-4-9-16/h1-12,15,22H,13-14H2,(H,24,25). The molecule has 1 unspecified atom stereocenters. The van der Waals surface area contributed by atoms with Crippen LogP contribution < -0.4 is 0 Å². The van der Waals surface area contributed by atoms with Crippen LogP contribution in [0, 0.1) is 0 Å². The maximum absolute atomic E-state index is 13.2. The van der Waals surface area contributed by atoms with E-state index < -0.39 is 0 Å². The number of carbonyl (C=O) groups is 1. The largest absolute Gasteiger partial charge is 0.325 e. The maximum atomic E-state index is 13.2. The number of carbonyl (C=O) groups excluding carboxylic acids is 1. The summed E-state index contributed by atoms with van der Waals surface area (Å²) in [6, 6.07) is 24.4. The summed E-state index contributed by atoms with van der Waals surface area (Å²) < 4.78 is 0. The summed E-state index contributed by atoms with van der Waals surface area (Å²) in [5, 5.41) is 9.59. The van der Waals surface area contributed by atoms with Crippen LogP contribution in [0.25, 0.3) is 11.3 Å². The summed E-state index contributed by atoms with van der Waals surface area (Å²) in [7, 11) is 0. The fourth-order valence-corrected chi connectivity index (χ4v) is 4.73. The summed E-state index contributed by atoms with van der Waals surface area (Å²) in [6.45, 7) is 0.669. The van der Waals surface area contributed by atoms with E-state index in [1.807, 2.05) is 59.5 Å². The van der Waals surface area contributed by atoms with Crippen LogP contribution in [0.2, 0.25) is 0 Å². The summed E-state index contributed by atoms with van der Waals surface area (Å²) in [6.07, 6.45) is 0.826. The predicted octanol–water partition coefficient (Wildman–Crippen LogP) is 4.93. The predicted molar refractivity (Wildman–Crippen MR) is 111 cm³/mol. The average Bonchev–Trinajstić information content (AvgIpc) is 3.46. The second kappa shape index (κ2) is 7.09. The quantitative estimate of drug-likeness (QED) is 0.530. The second-order valence-electron chi connectivity index (χ2n) is 6.88. The molecule has 3 heterocycles. The smallest absolute Gasteiger partial charge is 0.273 e. The van der Waals surface area contributed by atoms with Gasteiger partial charge in [-0.2, -0.15) is 5.10 Å². The first kappa shape index (κ1) is 17.0. The highest BCUT2D eigenvalue weighted by molar-refractivity contribution is 7.10. The molecule has 0 aliphatic carbocycles. The molecule has 0 saturated carbocycles. The van der Waals surface area contributed by atoms with E-state index in [0.29, 0.717) is 12.2 Å². The molecule has 2 aromatic carbocycles. The Morgan fingerprint density at radius 2 is 1.71 bits per heavy atom. The zero-order valence-electron chi connectivity index (χ0n) is 15.2. The zero-order valence-corrected chi connectivity index (χ0v) is 16.0. The molecule has 1 amide bonds. The molecule has 4 aromatic rings. The minimum absolute atomic E-state index is 0.0269. The molecule has 0 radical (unpaired) electrons. The fraction of sp³-hybridized carbons (Fsp3) is 0.130. The Morgan fingerprint density at radius 3 is 2.43 bits per heavy atom. The summed E-state index contributed by atoms with van der Waals surface area (Å²) >= 11 is 1.68. The van der Waals surface area contributed by atoms with Crippen molar-refractivity contribution in [3.63, 3.8) is 0 Å². The van der Waals surface area contributed by atoms with Gasteiger partial charge >= 0.3 is 0 Å². The van der Waals surface area contributed by atoms with Crippen molar-refractivity contribution in [3.05, 3.63) is 99.9 Å². The van der Waals surface area contributed by atoms with Gasteiger partial charge in [-0.1, -0.05) is 66.7 Å². The Bertz CT molecular complexity index is 1090. The van der Waals surface area contributed by atoms with Crippen molar-refractivity contribution in [2.75, 3.05) is 6.54 Å². The molecule has 5 heteroatoms. The molecular weight excluding hydrogens is 366 g/mol. The number of thiophene rings is 1. The van der Waals surface area contributed by atoms with Gasteiger partial charge in [0, 0.05) is 22.5 Å². The molecule has 2 aromatic heterocycles. The second-order valence-corrected chi connectivity index (χ2v) is 7.86. The first-order valence-electron chi connectivity index (χ1n) is 9.35. The molecule has 1 N–H and O–H groups in total. The molecule has 5 rings (SSSR count). The van der Waals surface area contributed by atoms with Crippen LogP contribution in [0.1, 0.15) is 32.5 Å². The number of H-pyrrole nitrogens is 1. The van der Waals surface area contributed by atoms with Gasteiger partial charge in [0.2, 0.25) is 0 Å². The molecule has 0 bridgehead atoms. The fourth-order valence-electron chi connectivity index (χ4n) is 3.88. The van der Waals surface area contributed by atoms with Gasteiger partial charge < -0.3 is 4.90 Å². The van der Waals surface area contributed by atoms with E-state index >= 15 is 0 Å². The van der Waals surface area contributed by atoms with Gasteiger partial charge in [0.05, 0.1) is 11.7 Å². The van der Waals surface area contributed by atoms with Crippen molar-refractivity contribution < 1.29 is 4.79 Å². The van der Waals surface area contributed by atoms with Crippen molar-refractivity contribution in [2.45, 2.75) is 12.5 Å². The van der Waals surface area contributed by atoms with E-state index in [2.05, 4.69) is 33.8 Å². The average molecular weight is 385 g/mol. The van der Waals surface area contributed by atoms with Crippen molar-refractivity contribution in [2.24, 2.45) is 0 Å². The molecule has 1 atom stereocenters. The third-order valence-corrected chi connectivity index (χ3v) is 6.13. The lowest BCUT2D eigenvalue weighted by Gasteiger charge is -2.25. The van der Waals surface area contributed by atoms with Gasteiger partial charge in [0.25, 0.3) is 5.91 Å². The summed E-state index contributed by atoms with van der Waals surface area (Å²) in [5.41, 5.74) is 4.73. The van der Waals surface area contributed by atoms with Crippen LogP contribution >= 0.6 is 11.3 Å². The van der Waals surface area contributed by atoms with Gasteiger partial charge in [-0.25, -0.2) is 0 Å². The van der Waals surface area contributed by atoms with Crippen LogP contribution in [0.4, 0.5) is 0 Å². The summed E-state index contributed by atoms with van der Waals surface area (Å²) in [5.74, 6) is 0.0269. The van der Waals surface area contributed by atoms with E-state index in [1.54, 1.807) is 11.3 Å². The Balaban J connectivity index is 1.55. The molecule has 1 aliphatic heterocycles. The Labute approximate surface area is 167 Å². The molecule has 28 heavy (non-hydrogen) atoms. The minimum Gasteiger partial charge on any atom is -0.325 e. The number of benzene rings is 2. The first-order valence-corrected chi connectivity index (χ1v) is 10.2. The SMILES string of the molecule is O=C1c2[nH]nc(-c3ccccc3)c2C(c2cccs2)N1CCc1ccccc1. The summed E-state index contributed by atoms with van der Waals surface area (Å²) in [4.78, 5) is 16.4. The van der Waals surface area contributed by atoms with Crippen LogP contribution in [0.5, 0.6) is 0 Å². The van der Waals surface area contributed by atoms with E-state index in [9.17, 15) is 4.79 Å². The molecule has 1 aliphatic rings. The number of amides is 1. The number of nitrogens with one attached hydrogen (secondary N) is 1. The Kier molecular flexibility index (Phi) is 4.29. The number of aromatic amines is 1. The van der Waals surface area contributed by atoms with Crippen molar-refractivity contribution >= 4 is 17.2 Å². The van der Waals surface area contributed by atoms with Crippen molar-refractivity contribution in [1.82, 2.24) is 15.1 Å². The molecule has 0 fully saturated rings. The topological polar surface area (TPSA) is 49.0 Å². The lowest BCUT2D eigenvalue weighted by molar-refractivity contribution is 0.0748. The highest BCUT2D eigenvalue weighted by atomic mass is 32.1. The first-order chi connectivity index (χ1) is 13.8. The van der Waals surface area contributed by atoms with Crippen LogP contribution in [-0.4, -0.2) is 27.5 Å². The third-order valence-electron chi connectivity index (χ3n) is 5.21. The zero-order chi connectivity index (χ0) is 18.9. The van der Waals surface area contributed by atoms with Gasteiger partial charge in [0.15, 0.2) is 0 Å². The number of nitrogens with zero attached hydrogens (tertiary/aromatic N) is 2. The number of hydrogen-bond donors (Lipinski definition) is 1. The normalized spacial score (nSPS) is 15.8. The van der Waals surface area contributed by atoms with E-state index in [0.717, 1.165) is 23.2 Å². The van der Waals surface area contributed by atoms with E-state index in [1.165, 1.54) is 10.4 Å². The van der Waals surface area contributed by atoms with Crippen molar-refractivity contribution in [3.8, 4) is 11.3 Å². The Morgan fingerprint density at radius 1 is 0.964 bits per heavy atom. The third kappa shape index (κ3) is 2.84. The van der Waals surface area contributed by atoms with Crippen LogP contribution in [0.15, 0.2) is 78.2 Å². The molecular formula is C23H19N3OS. The molecule has 4 nitrogen and oxygen atoms in total. The van der Waals surface area contributed by atoms with E-state index in [-0.39, 0.29) is 11.9 Å².